The average Bonchev–Trinajstić information content (AvgIpc) is 2.80. The largest absolute Gasteiger partial charge is 0.350 e. The molecular weight excluding hydrogens is 324 g/mol. The summed E-state index contributed by atoms with van der Waals surface area (Å²) >= 11 is 6.11. The monoisotopic (exact) mass is 340 g/mol. The lowest BCUT2D eigenvalue weighted by atomic mass is 10.1. The number of carbonyl (C=O) groups is 2. The van der Waals surface area contributed by atoms with Gasteiger partial charge in [0, 0.05) is 5.69 Å². The van der Waals surface area contributed by atoms with Gasteiger partial charge in [-0.05, 0) is 43.2 Å². The Bertz CT molecular complexity index is 823. The summed E-state index contributed by atoms with van der Waals surface area (Å²) in [6, 6.07) is 14.8. The predicted octanol–water partition coefficient (Wildman–Crippen LogP) is 3.99. The lowest BCUT2D eigenvalue weighted by Crippen LogP contribution is -2.32. The number of amides is 2. The maximum Gasteiger partial charge on any atom is 0.283 e. The van der Waals surface area contributed by atoms with E-state index in [1.807, 2.05) is 50.2 Å². The van der Waals surface area contributed by atoms with E-state index >= 15 is 0 Å². The average molecular weight is 341 g/mol. The van der Waals surface area contributed by atoms with Gasteiger partial charge in [-0.15, -0.1) is 0 Å². The van der Waals surface area contributed by atoms with Crippen LogP contribution in [0.4, 0.5) is 11.4 Å². The Labute approximate surface area is 145 Å². The molecule has 2 aromatic rings. The Morgan fingerprint density at radius 1 is 0.958 bits per heavy atom. The van der Waals surface area contributed by atoms with Crippen LogP contribution in [-0.4, -0.2) is 11.8 Å². The highest BCUT2D eigenvalue weighted by molar-refractivity contribution is 6.53. The molecule has 5 heteroatoms. The van der Waals surface area contributed by atoms with Gasteiger partial charge in [-0.2, -0.15) is 0 Å². The second-order valence-electron chi connectivity index (χ2n) is 5.65. The third-order valence-electron chi connectivity index (χ3n) is 3.95. The molecule has 0 fully saturated rings. The van der Waals surface area contributed by atoms with Crippen LogP contribution >= 0.6 is 11.6 Å². The number of imide groups is 1. The molecule has 0 radical (unpaired) electrons. The van der Waals surface area contributed by atoms with E-state index in [-0.39, 0.29) is 10.7 Å². The number of nitrogens with one attached hydrogen (secondary N) is 1. The highest BCUT2D eigenvalue weighted by atomic mass is 35.5. The van der Waals surface area contributed by atoms with Gasteiger partial charge >= 0.3 is 0 Å². The van der Waals surface area contributed by atoms with E-state index in [9.17, 15) is 9.59 Å². The summed E-state index contributed by atoms with van der Waals surface area (Å²) in [6.45, 7) is 4.02. The molecule has 0 atom stereocenters. The van der Waals surface area contributed by atoms with Crippen molar-refractivity contribution in [1.29, 1.82) is 0 Å². The van der Waals surface area contributed by atoms with Crippen molar-refractivity contribution in [3.63, 3.8) is 0 Å². The maximum atomic E-state index is 12.7. The summed E-state index contributed by atoms with van der Waals surface area (Å²) in [4.78, 5) is 26.1. The molecule has 0 aromatic heterocycles. The van der Waals surface area contributed by atoms with Crippen LogP contribution < -0.4 is 10.2 Å². The number of rotatable bonds is 4. The van der Waals surface area contributed by atoms with Crippen LogP contribution in [0.5, 0.6) is 0 Å². The van der Waals surface area contributed by atoms with Crippen LogP contribution in [0, 0.1) is 6.92 Å². The Kier molecular flexibility index (Phi) is 4.40. The highest BCUT2D eigenvalue weighted by Gasteiger charge is 2.38. The minimum atomic E-state index is -0.513. The number of benzene rings is 2. The lowest BCUT2D eigenvalue weighted by Gasteiger charge is -2.15. The van der Waals surface area contributed by atoms with Gasteiger partial charge in [0.2, 0.25) is 0 Å². The molecule has 0 saturated heterocycles. The van der Waals surface area contributed by atoms with Crippen LogP contribution in [-0.2, 0) is 16.0 Å². The van der Waals surface area contributed by atoms with Crippen molar-refractivity contribution in [2.75, 3.05) is 10.2 Å². The first kappa shape index (κ1) is 16.3. The van der Waals surface area contributed by atoms with Crippen molar-refractivity contribution in [3.8, 4) is 0 Å². The normalized spacial score (nSPS) is 14.5. The minimum absolute atomic E-state index is 0.0971. The number of aryl methyl sites for hydroxylation is 2. The van der Waals surface area contributed by atoms with Gasteiger partial charge in [0.25, 0.3) is 11.8 Å². The van der Waals surface area contributed by atoms with Crippen LogP contribution in [0.2, 0.25) is 0 Å². The quantitative estimate of drug-likeness (QED) is 0.856. The summed E-state index contributed by atoms with van der Waals surface area (Å²) < 4.78 is 0. The fourth-order valence-corrected chi connectivity index (χ4v) is 2.72. The minimum Gasteiger partial charge on any atom is -0.350 e. The molecule has 1 N–H and O–H groups in total. The van der Waals surface area contributed by atoms with E-state index in [4.69, 9.17) is 11.6 Å². The van der Waals surface area contributed by atoms with Gasteiger partial charge in [-0.25, -0.2) is 4.90 Å². The zero-order valence-corrected chi connectivity index (χ0v) is 14.2. The van der Waals surface area contributed by atoms with Crippen molar-refractivity contribution in [2.24, 2.45) is 0 Å². The number of nitrogens with zero attached hydrogens (tertiary/aromatic N) is 1. The van der Waals surface area contributed by atoms with Gasteiger partial charge < -0.3 is 5.32 Å². The molecule has 1 heterocycles. The van der Waals surface area contributed by atoms with Crippen molar-refractivity contribution in [2.45, 2.75) is 20.3 Å². The molecule has 0 bridgehead atoms. The van der Waals surface area contributed by atoms with Gasteiger partial charge in [0.05, 0.1) is 5.69 Å². The van der Waals surface area contributed by atoms with Gasteiger partial charge in [-0.1, -0.05) is 48.4 Å². The smallest absolute Gasteiger partial charge is 0.283 e. The van der Waals surface area contributed by atoms with Crippen LogP contribution in [0.1, 0.15) is 18.1 Å². The summed E-state index contributed by atoms with van der Waals surface area (Å²) in [6.07, 6.45) is 0.890. The molecule has 3 rings (SSSR count). The van der Waals surface area contributed by atoms with E-state index in [2.05, 4.69) is 5.32 Å². The summed E-state index contributed by atoms with van der Waals surface area (Å²) in [7, 11) is 0. The molecule has 0 spiro atoms. The second-order valence-corrected chi connectivity index (χ2v) is 6.02. The van der Waals surface area contributed by atoms with E-state index < -0.39 is 11.8 Å². The number of hydrogen-bond acceptors (Lipinski definition) is 3. The van der Waals surface area contributed by atoms with Crippen molar-refractivity contribution < 1.29 is 9.59 Å². The Balaban J connectivity index is 1.87. The van der Waals surface area contributed by atoms with Crippen molar-refractivity contribution in [3.05, 3.63) is 70.4 Å². The van der Waals surface area contributed by atoms with E-state index in [1.54, 1.807) is 12.1 Å². The maximum absolute atomic E-state index is 12.7. The molecule has 0 unspecified atom stereocenters. The van der Waals surface area contributed by atoms with E-state index in [0.29, 0.717) is 11.4 Å². The first-order valence-electron chi connectivity index (χ1n) is 7.72. The van der Waals surface area contributed by atoms with E-state index in [0.717, 1.165) is 22.4 Å². The number of carbonyl (C=O) groups excluding carboxylic acids is 2. The number of hydrogen-bond donors (Lipinski definition) is 1. The fourth-order valence-electron chi connectivity index (χ4n) is 2.51. The third-order valence-corrected chi connectivity index (χ3v) is 4.30. The molecule has 2 aromatic carbocycles. The standard InChI is InChI=1S/C19H17ClN2O2/c1-3-13-6-10-15(11-7-13)22-18(23)16(20)17(19(22)24)21-14-8-4-12(2)5-9-14/h4-11,21H,3H2,1-2H3. The molecule has 0 saturated carbocycles. The second kappa shape index (κ2) is 6.49. The predicted molar refractivity (Wildman–Crippen MR) is 96.0 cm³/mol. The molecular formula is C19H17ClN2O2. The molecule has 2 amide bonds. The SMILES string of the molecule is CCc1ccc(N2C(=O)C(Cl)=C(Nc3ccc(C)cc3)C2=O)cc1. The summed E-state index contributed by atoms with van der Waals surface area (Å²) in [5, 5.41) is 2.86. The summed E-state index contributed by atoms with van der Waals surface area (Å²) in [5.41, 5.74) is 3.56. The van der Waals surface area contributed by atoms with Crippen molar-refractivity contribution >= 4 is 34.8 Å². The zero-order valence-electron chi connectivity index (χ0n) is 13.5. The first-order valence-corrected chi connectivity index (χ1v) is 8.10. The van der Waals surface area contributed by atoms with Gasteiger partial charge in [0.15, 0.2) is 0 Å². The van der Waals surface area contributed by atoms with Gasteiger partial charge in [0.1, 0.15) is 10.7 Å². The topological polar surface area (TPSA) is 49.4 Å². The Hall–Kier alpha value is -2.59. The molecule has 1 aliphatic heterocycles. The number of anilines is 2. The van der Waals surface area contributed by atoms with E-state index in [1.165, 1.54) is 0 Å². The molecule has 0 aliphatic carbocycles. The van der Waals surface area contributed by atoms with Crippen molar-refractivity contribution in [1.82, 2.24) is 0 Å². The zero-order chi connectivity index (χ0) is 17.3. The van der Waals surface area contributed by atoms with Gasteiger partial charge in [-0.3, -0.25) is 9.59 Å². The third kappa shape index (κ3) is 2.93. The molecule has 122 valence electrons. The Morgan fingerprint density at radius 3 is 2.17 bits per heavy atom. The molecule has 24 heavy (non-hydrogen) atoms. The fraction of sp³-hybridized carbons (Fsp3) is 0.158. The first-order chi connectivity index (χ1) is 11.5. The van der Waals surface area contributed by atoms with Crippen LogP contribution in [0.3, 0.4) is 0 Å². The van der Waals surface area contributed by atoms with Crippen LogP contribution in [0.15, 0.2) is 59.3 Å². The lowest BCUT2D eigenvalue weighted by molar-refractivity contribution is -0.120. The highest BCUT2D eigenvalue weighted by Crippen LogP contribution is 2.30. The molecule has 4 nitrogen and oxygen atoms in total. The summed E-state index contributed by atoms with van der Waals surface area (Å²) in [5.74, 6) is -0.963. The number of halogens is 1. The Morgan fingerprint density at radius 2 is 1.58 bits per heavy atom. The molecule has 1 aliphatic rings. The van der Waals surface area contributed by atoms with Crippen LogP contribution in [0.25, 0.3) is 0 Å².